The summed E-state index contributed by atoms with van der Waals surface area (Å²) in [7, 11) is 1.58. The second-order valence-electron chi connectivity index (χ2n) is 4.85. The molecule has 3 heteroatoms. The Hall–Kier alpha value is -1.09. The normalized spacial score (nSPS) is 18.4. The van der Waals surface area contributed by atoms with Gasteiger partial charge in [0, 0.05) is 11.6 Å². The quantitative estimate of drug-likeness (QED) is 0.876. The van der Waals surface area contributed by atoms with Crippen LogP contribution in [-0.4, -0.2) is 7.11 Å². The predicted molar refractivity (Wildman–Crippen MR) is 66.7 cm³/mol. The van der Waals surface area contributed by atoms with Crippen molar-refractivity contribution in [3.8, 4) is 5.75 Å². The molecule has 2 nitrogen and oxygen atoms in total. The van der Waals surface area contributed by atoms with Crippen LogP contribution in [0.1, 0.15) is 43.7 Å². The first-order valence-electron chi connectivity index (χ1n) is 6.26. The Morgan fingerprint density at radius 3 is 2.53 bits per heavy atom. The summed E-state index contributed by atoms with van der Waals surface area (Å²) in [4.78, 5) is 0. The van der Waals surface area contributed by atoms with E-state index in [4.69, 9.17) is 10.5 Å². The molecule has 0 saturated heterocycles. The molecule has 0 amide bonds. The number of rotatable bonds is 3. The summed E-state index contributed by atoms with van der Waals surface area (Å²) < 4.78 is 18.9. The smallest absolute Gasteiger partial charge is 0.127 e. The van der Waals surface area contributed by atoms with Gasteiger partial charge >= 0.3 is 0 Å². The predicted octanol–water partition coefficient (Wildman–Crippen LogP) is 3.12. The summed E-state index contributed by atoms with van der Waals surface area (Å²) >= 11 is 0. The van der Waals surface area contributed by atoms with Crippen LogP contribution in [0.15, 0.2) is 12.1 Å². The summed E-state index contributed by atoms with van der Waals surface area (Å²) in [5, 5.41) is 0. The second-order valence-corrected chi connectivity index (χ2v) is 4.85. The van der Waals surface area contributed by atoms with Gasteiger partial charge in [0.2, 0.25) is 0 Å². The van der Waals surface area contributed by atoms with E-state index in [1.165, 1.54) is 6.07 Å². The molecule has 0 heterocycles. The molecule has 0 aromatic heterocycles. The number of hydrogen-bond acceptors (Lipinski definition) is 2. The lowest BCUT2D eigenvalue weighted by Gasteiger charge is -2.28. The third-order valence-corrected chi connectivity index (χ3v) is 3.78. The molecule has 0 atom stereocenters. The first kappa shape index (κ1) is 12.4. The van der Waals surface area contributed by atoms with Crippen molar-refractivity contribution in [2.24, 2.45) is 5.73 Å². The summed E-state index contributed by atoms with van der Waals surface area (Å²) in [5.74, 6) is 0.366. The van der Waals surface area contributed by atoms with E-state index in [0.717, 1.165) is 43.2 Å². The molecule has 2 N–H and O–H groups in total. The average Bonchev–Trinajstić information content (AvgIpc) is 2.76. The zero-order chi connectivity index (χ0) is 12.5. The molecule has 1 aliphatic rings. The highest BCUT2D eigenvalue weighted by molar-refractivity contribution is 5.45. The van der Waals surface area contributed by atoms with Crippen molar-refractivity contribution in [2.45, 2.75) is 44.6 Å². The molecule has 0 aliphatic heterocycles. The first-order chi connectivity index (χ1) is 8.10. The van der Waals surface area contributed by atoms with E-state index in [2.05, 4.69) is 6.92 Å². The summed E-state index contributed by atoms with van der Waals surface area (Å²) in [6.07, 6.45) is 4.94. The number of halogens is 1. The fourth-order valence-corrected chi connectivity index (χ4v) is 2.88. The zero-order valence-electron chi connectivity index (χ0n) is 10.6. The third kappa shape index (κ3) is 2.16. The molecule has 1 saturated carbocycles. The summed E-state index contributed by atoms with van der Waals surface area (Å²) in [6, 6.07) is 3.04. The van der Waals surface area contributed by atoms with Crippen molar-refractivity contribution in [2.75, 3.05) is 7.11 Å². The molecular formula is C14H20FNO. The molecule has 0 bridgehead atoms. The molecule has 1 aliphatic carbocycles. The van der Waals surface area contributed by atoms with Crippen molar-refractivity contribution in [3.05, 3.63) is 29.1 Å². The molecule has 1 fully saturated rings. The maximum absolute atomic E-state index is 13.6. The van der Waals surface area contributed by atoms with Gasteiger partial charge in [-0.05, 0) is 36.5 Å². The third-order valence-electron chi connectivity index (χ3n) is 3.78. The monoisotopic (exact) mass is 237 g/mol. The lowest BCUT2D eigenvalue weighted by Crippen LogP contribution is -2.34. The molecular weight excluding hydrogens is 217 g/mol. The van der Waals surface area contributed by atoms with Crippen LogP contribution in [0.3, 0.4) is 0 Å². The number of nitrogens with two attached hydrogens (primary N) is 1. The van der Waals surface area contributed by atoms with Crippen molar-refractivity contribution < 1.29 is 9.13 Å². The minimum Gasteiger partial charge on any atom is -0.496 e. The Morgan fingerprint density at radius 2 is 2.00 bits per heavy atom. The topological polar surface area (TPSA) is 35.2 Å². The van der Waals surface area contributed by atoms with E-state index in [-0.39, 0.29) is 11.4 Å². The van der Waals surface area contributed by atoms with Crippen molar-refractivity contribution >= 4 is 0 Å². The second kappa shape index (κ2) is 4.65. The molecule has 2 rings (SSSR count). The molecule has 0 spiro atoms. The van der Waals surface area contributed by atoms with Crippen LogP contribution in [0.2, 0.25) is 0 Å². The Labute approximate surface area is 102 Å². The zero-order valence-corrected chi connectivity index (χ0v) is 10.6. The van der Waals surface area contributed by atoms with Crippen LogP contribution < -0.4 is 10.5 Å². The van der Waals surface area contributed by atoms with Gasteiger partial charge in [0.25, 0.3) is 0 Å². The van der Waals surface area contributed by atoms with Crippen LogP contribution in [-0.2, 0) is 12.0 Å². The van der Waals surface area contributed by atoms with Gasteiger partial charge in [-0.3, -0.25) is 0 Å². The largest absolute Gasteiger partial charge is 0.496 e. The molecule has 0 unspecified atom stereocenters. The molecule has 94 valence electrons. The maximum Gasteiger partial charge on any atom is 0.127 e. The molecule has 17 heavy (non-hydrogen) atoms. The number of ether oxygens (including phenoxy) is 1. The Kier molecular flexibility index (Phi) is 3.38. The van der Waals surface area contributed by atoms with Crippen LogP contribution in [0, 0.1) is 5.82 Å². The van der Waals surface area contributed by atoms with E-state index in [0.29, 0.717) is 5.75 Å². The van der Waals surface area contributed by atoms with E-state index >= 15 is 0 Å². The summed E-state index contributed by atoms with van der Waals surface area (Å²) in [6.45, 7) is 2.05. The van der Waals surface area contributed by atoms with Crippen molar-refractivity contribution in [1.29, 1.82) is 0 Å². The number of benzene rings is 1. The van der Waals surface area contributed by atoms with Crippen molar-refractivity contribution in [1.82, 2.24) is 0 Å². The molecule has 0 radical (unpaired) electrons. The van der Waals surface area contributed by atoms with Crippen molar-refractivity contribution in [3.63, 3.8) is 0 Å². The van der Waals surface area contributed by atoms with Crippen LogP contribution in [0.4, 0.5) is 4.39 Å². The summed E-state index contributed by atoms with van der Waals surface area (Å²) in [5.41, 5.74) is 8.06. The molecule has 1 aromatic carbocycles. The highest BCUT2D eigenvalue weighted by atomic mass is 19.1. The van der Waals surface area contributed by atoms with Gasteiger partial charge in [-0.2, -0.15) is 0 Å². The van der Waals surface area contributed by atoms with Gasteiger partial charge in [-0.1, -0.05) is 19.8 Å². The fraction of sp³-hybridized carbons (Fsp3) is 0.571. The maximum atomic E-state index is 13.6. The highest BCUT2D eigenvalue weighted by Crippen LogP contribution is 2.40. The van der Waals surface area contributed by atoms with Gasteiger partial charge in [0.05, 0.1) is 7.11 Å². The molecule has 1 aromatic rings. The van der Waals surface area contributed by atoms with Gasteiger partial charge in [0.15, 0.2) is 0 Å². The van der Waals surface area contributed by atoms with Crippen LogP contribution in [0.5, 0.6) is 5.75 Å². The Balaban J connectivity index is 2.55. The number of hydrogen-bond donors (Lipinski definition) is 1. The first-order valence-corrected chi connectivity index (χ1v) is 6.26. The van der Waals surface area contributed by atoms with Gasteiger partial charge in [0.1, 0.15) is 11.6 Å². The minimum atomic E-state index is -0.360. The lowest BCUT2D eigenvalue weighted by molar-refractivity contribution is 0.396. The van der Waals surface area contributed by atoms with Gasteiger partial charge in [-0.25, -0.2) is 4.39 Å². The van der Waals surface area contributed by atoms with E-state index in [9.17, 15) is 4.39 Å². The average molecular weight is 237 g/mol. The Morgan fingerprint density at radius 1 is 1.35 bits per heavy atom. The van der Waals surface area contributed by atoms with Crippen LogP contribution >= 0.6 is 0 Å². The van der Waals surface area contributed by atoms with Crippen LogP contribution in [0.25, 0.3) is 0 Å². The van der Waals surface area contributed by atoms with Gasteiger partial charge in [-0.15, -0.1) is 0 Å². The highest BCUT2D eigenvalue weighted by Gasteiger charge is 2.34. The van der Waals surface area contributed by atoms with E-state index in [1.807, 2.05) is 0 Å². The fourth-order valence-electron chi connectivity index (χ4n) is 2.88. The van der Waals surface area contributed by atoms with E-state index < -0.39 is 0 Å². The minimum absolute atomic E-state index is 0.259. The van der Waals surface area contributed by atoms with Gasteiger partial charge < -0.3 is 10.5 Å². The Bertz CT molecular complexity index is 411. The van der Waals surface area contributed by atoms with E-state index in [1.54, 1.807) is 13.2 Å². The SMILES string of the molecule is CCc1c(OC)cc(F)cc1C1(N)CCCC1. The standard InChI is InChI=1S/C14H20FNO/c1-3-11-12(14(16)6-4-5-7-14)8-10(15)9-13(11)17-2/h8-9H,3-7,16H2,1-2H3. The lowest BCUT2D eigenvalue weighted by atomic mass is 9.84. The number of methoxy groups -OCH3 is 1.